The zero-order valence-corrected chi connectivity index (χ0v) is 5.91. The van der Waals surface area contributed by atoms with Crippen LogP contribution in [0, 0.1) is 0 Å². The van der Waals surface area contributed by atoms with Crippen LogP contribution < -0.4 is 10.2 Å². The Bertz CT molecular complexity index is 33.8. The quantitative estimate of drug-likeness (QED) is 0.351. The number of carbonyl (C=O) groups excluding carboxylic acids is 1. The molecule has 0 spiro atoms. The van der Waals surface area contributed by atoms with Crippen molar-refractivity contribution in [1.82, 2.24) is 0 Å². The van der Waals surface area contributed by atoms with Crippen molar-refractivity contribution in [2.24, 2.45) is 0 Å². The Kier molecular flexibility index (Phi) is 8.77. The van der Waals surface area contributed by atoms with Crippen LogP contribution in [0.25, 0.3) is 0 Å². The van der Waals surface area contributed by atoms with Gasteiger partial charge in [0.1, 0.15) is 0 Å². The average Bonchev–Trinajstić information content (AvgIpc) is 0.811. The SMILES string of the molecule is O=C([O-])[O-].[H+].[Sr+2]. The third kappa shape index (κ3) is 63.8. The van der Waals surface area contributed by atoms with Crippen LogP contribution in [0.5, 0.6) is 0 Å². The van der Waals surface area contributed by atoms with Crippen molar-refractivity contribution in [2.75, 3.05) is 0 Å². The summed E-state index contributed by atoms with van der Waals surface area (Å²) in [5.41, 5.74) is 0. The molecule has 0 aliphatic heterocycles. The third-order valence-electron chi connectivity index (χ3n) is 0. The molecule has 3 nitrogen and oxygen atoms in total. The van der Waals surface area contributed by atoms with E-state index < -0.39 is 6.16 Å². The molecule has 5 heavy (non-hydrogen) atoms. The Morgan fingerprint density at radius 3 is 1.60 bits per heavy atom. The Morgan fingerprint density at radius 1 is 1.60 bits per heavy atom. The molecular weight excluding hydrogens is 148 g/mol. The molecule has 0 aromatic carbocycles. The van der Waals surface area contributed by atoms with E-state index in [0.29, 0.717) is 0 Å². The predicted molar refractivity (Wildman–Crippen MR) is 12.3 cm³/mol. The van der Waals surface area contributed by atoms with Gasteiger partial charge in [-0.15, -0.1) is 0 Å². The molecule has 0 aliphatic rings. The second-order valence-electron chi connectivity index (χ2n) is 0.250. The topological polar surface area (TPSA) is 63.2 Å². The molecule has 0 saturated heterocycles. The smallest absolute Gasteiger partial charge is 0.652 e. The molecule has 0 unspecified atom stereocenters. The van der Waals surface area contributed by atoms with Crippen LogP contribution >= 0.6 is 0 Å². The largest absolute Gasteiger partial charge is 2.00 e. The Hall–Kier alpha value is 0.751. The zero-order chi connectivity index (χ0) is 3.58. The van der Waals surface area contributed by atoms with Gasteiger partial charge in [-0.3, -0.25) is 0 Å². The summed E-state index contributed by atoms with van der Waals surface area (Å²) in [5.74, 6) is 0. The number of carboxylic acid groups (broad SMARTS) is 2. The molecule has 4 heteroatoms. The van der Waals surface area contributed by atoms with Crippen LogP contribution in [-0.2, 0) is 0 Å². The molecule has 0 heterocycles. The van der Waals surface area contributed by atoms with Crippen molar-refractivity contribution < 1.29 is 16.4 Å². The number of rotatable bonds is 0. The summed E-state index contributed by atoms with van der Waals surface area (Å²) in [5, 5.41) is 16.7. The molecule has 0 radical (unpaired) electrons. The van der Waals surface area contributed by atoms with Crippen LogP contribution in [0.2, 0.25) is 0 Å². The number of hydrogen-bond acceptors (Lipinski definition) is 3. The molecule has 0 N–H and O–H groups in total. The monoisotopic (exact) mass is 149 g/mol. The Morgan fingerprint density at radius 2 is 1.60 bits per heavy atom. The molecular formula is CHO3Sr+. The minimum Gasteiger partial charge on any atom is -0.652 e. The van der Waals surface area contributed by atoms with Crippen LogP contribution in [0.4, 0.5) is 4.79 Å². The van der Waals surface area contributed by atoms with Gasteiger partial charge in [0.15, 0.2) is 0 Å². The van der Waals surface area contributed by atoms with Gasteiger partial charge in [-0.2, -0.15) is 0 Å². The van der Waals surface area contributed by atoms with Gasteiger partial charge in [-0.25, -0.2) is 0 Å². The fraction of sp³-hybridized carbons (Fsp3) is 0. The maximum absolute atomic E-state index is 8.33. The third-order valence-corrected chi connectivity index (χ3v) is 0. The molecule has 0 fully saturated rings. The van der Waals surface area contributed by atoms with Gasteiger partial charge in [0.05, 0.1) is 0 Å². The summed E-state index contributed by atoms with van der Waals surface area (Å²) in [6.45, 7) is 0. The molecule has 0 atom stereocenters. The van der Waals surface area contributed by atoms with E-state index in [4.69, 9.17) is 15.0 Å². The van der Waals surface area contributed by atoms with E-state index in [9.17, 15) is 0 Å². The molecule has 0 saturated carbocycles. The van der Waals surface area contributed by atoms with E-state index in [2.05, 4.69) is 0 Å². The first-order valence-corrected chi connectivity index (χ1v) is 0.612. The summed E-state index contributed by atoms with van der Waals surface area (Å²) in [6, 6.07) is 0. The van der Waals surface area contributed by atoms with Crippen molar-refractivity contribution in [3.8, 4) is 0 Å². The van der Waals surface area contributed by atoms with Gasteiger partial charge in [0.2, 0.25) is 0 Å². The standard InChI is InChI=1S/CH2O3.Sr/c2-1(3)4;/h(H2,2,3,4);/q;+2/p-1. The zero-order valence-electron chi connectivity index (χ0n) is 3.43. The number of hydrogen-bond donors (Lipinski definition) is 0. The summed E-state index contributed by atoms with van der Waals surface area (Å²) in [4.78, 5) is 8.33. The van der Waals surface area contributed by atoms with Gasteiger partial charge in [0, 0.05) is 0 Å². The molecule has 0 amide bonds. The van der Waals surface area contributed by atoms with E-state index in [1.165, 1.54) is 0 Å². The average molecular weight is 149 g/mol. The van der Waals surface area contributed by atoms with E-state index in [0.717, 1.165) is 0 Å². The van der Waals surface area contributed by atoms with Gasteiger partial charge in [-0.1, -0.05) is 0 Å². The predicted octanol–water partition coefficient (Wildman–Crippen LogP) is -2.72. The first-order chi connectivity index (χ1) is 1.73. The Balaban J connectivity index is -0.0000000450. The van der Waals surface area contributed by atoms with Crippen molar-refractivity contribution >= 4 is 51.6 Å². The van der Waals surface area contributed by atoms with Gasteiger partial charge >= 0.3 is 46.9 Å². The number of carbonyl (C=O) groups is 1. The van der Waals surface area contributed by atoms with Gasteiger partial charge in [0.25, 0.3) is 0 Å². The van der Waals surface area contributed by atoms with Crippen LogP contribution in [0.3, 0.4) is 0 Å². The fourth-order valence-electron chi connectivity index (χ4n) is 0. The van der Waals surface area contributed by atoms with Crippen LogP contribution in [0.1, 0.15) is 1.43 Å². The molecule has 0 bridgehead atoms. The fourth-order valence-corrected chi connectivity index (χ4v) is 0. The van der Waals surface area contributed by atoms with Crippen molar-refractivity contribution in [3.05, 3.63) is 0 Å². The second-order valence-corrected chi connectivity index (χ2v) is 0.250. The molecule has 0 aromatic heterocycles. The molecule has 0 rings (SSSR count). The van der Waals surface area contributed by atoms with E-state index in [1.54, 1.807) is 0 Å². The first-order valence-electron chi connectivity index (χ1n) is 0.612. The van der Waals surface area contributed by atoms with Crippen LogP contribution in [-0.4, -0.2) is 51.6 Å². The minimum atomic E-state index is -2.33. The van der Waals surface area contributed by atoms with Crippen molar-refractivity contribution in [2.45, 2.75) is 0 Å². The molecule has 0 aromatic rings. The summed E-state index contributed by atoms with van der Waals surface area (Å²) < 4.78 is 0. The van der Waals surface area contributed by atoms with Crippen molar-refractivity contribution in [1.29, 1.82) is 0 Å². The van der Waals surface area contributed by atoms with E-state index >= 15 is 0 Å². The Labute approximate surface area is 67.4 Å². The normalized spacial score (nSPS) is 4.80. The van der Waals surface area contributed by atoms with Crippen LogP contribution in [0.15, 0.2) is 0 Å². The second kappa shape index (κ2) is 4.75. The van der Waals surface area contributed by atoms with E-state index in [1.807, 2.05) is 0 Å². The van der Waals surface area contributed by atoms with Gasteiger partial charge in [-0.05, 0) is 6.16 Å². The summed E-state index contributed by atoms with van der Waals surface area (Å²) in [7, 11) is 0. The van der Waals surface area contributed by atoms with Crippen molar-refractivity contribution in [3.63, 3.8) is 0 Å². The summed E-state index contributed by atoms with van der Waals surface area (Å²) >= 11 is 0. The maximum atomic E-state index is 8.33. The minimum absolute atomic E-state index is 0. The summed E-state index contributed by atoms with van der Waals surface area (Å²) in [6.07, 6.45) is -2.33. The molecule has 0 aliphatic carbocycles. The first kappa shape index (κ1) is 9.23. The van der Waals surface area contributed by atoms with E-state index in [-0.39, 0.29) is 46.9 Å². The van der Waals surface area contributed by atoms with Gasteiger partial charge < -0.3 is 15.0 Å². The molecule has 24 valence electrons. The maximum Gasteiger partial charge on any atom is 2.00 e.